The van der Waals surface area contributed by atoms with Crippen molar-refractivity contribution in [2.24, 2.45) is 0 Å². The van der Waals surface area contributed by atoms with E-state index in [0.717, 1.165) is 23.3 Å². The van der Waals surface area contributed by atoms with E-state index in [2.05, 4.69) is 11.4 Å². The summed E-state index contributed by atoms with van der Waals surface area (Å²) >= 11 is 1.73. The first kappa shape index (κ1) is 23.3. The maximum Gasteiger partial charge on any atom is 0.242 e. The molecule has 0 radical (unpaired) electrons. The van der Waals surface area contributed by atoms with E-state index in [1.165, 1.54) is 4.88 Å². The molecule has 0 bridgehead atoms. The Morgan fingerprint density at radius 2 is 2.06 bits per heavy atom. The molecule has 0 spiro atoms. The smallest absolute Gasteiger partial charge is 0.242 e. The Bertz CT molecular complexity index is 882. The minimum atomic E-state index is -0.153. The van der Waals surface area contributed by atoms with Crippen molar-refractivity contribution in [2.45, 2.75) is 39.2 Å². The molecule has 1 unspecified atom stereocenters. The van der Waals surface area contributed by atoms with E-state index in [-0.39, 0.29) is 24.4 Å². The number of carbonyl (C=O) groups is 2. The number of hydrogen-bond donors (Lipinski definition) is 0. The Labute approximate surface area is 188 Å². The zero-order chi connectivity index (χ0) is 22.2. The molecular weight excluding hydrogens is 412 g/mol. The fraction of sp³-hybridized carbons (Fsp3) is 0.500. The van der Waals surface area contributed by atoms with Crippen LogP contribution in [0.1, 0.15) is 41.8 Å². The van der Waals surface area contributed by atoms with Gasteiger partial charge in [0.15, 0.2) is 0 Å². The summed E-state index contributed by atoms with van der Waals surface area (Å²) in [6.07, 6.45) is 1.93. The number of aryl methyl sites for hydroxylation is 1. The van der Waals surface area contributed by atoms with Gasteiger partial charge >= 0.3 is 0 Å². The van der Waals surface area contributed by atoms with Crippen molar-refractivity contribution in [1.82, 2.24) is 9.80 Å². The van der Waals surface area contributed by atoms with E-state index >= 15 is 0 Å². The quantitative estimate of drug-likeness (QED) is 0.523. The van der Waals surface area contributed by atoms with Crippen LogP contribution in [0.3, 0.4) is 0 Å². The minimum absolute atomic E-state index is 0.00889. The first-order valence-corrected chi connectivity index (χ1v) is 11.7. The van der Waals surface area contributed by atoms with E-state index in [1.807, 2.05) is 43.0 Å². The van der Waals surface area contributed by atoms with Gasteiger partial charge in [-0.05, 0) is 48.4 Å². The van der Waals surface area contributed by atoms with E-state index in [1.54, 1.807) is 23.3 Å². The summed E-state index contributed by atoms with van der Waals surface area (Å²) in [6.45, 7) is 6.06. The second kappa shape index (κ2) is 11.3. The van der Waals surface area contributed by atoms with Gasteiger partial charge in [0, 0.05) is 38.1 Å². The standard InChI is InChI=1S/C24H32N2O4S/c1-4-23(27)25(12-7-14-29-3)16-24(28)26-13-10-22-19(11-15-31-22)20(26)17-30-21-9-6-5-8-18(21)2/h5-6,8-9,11,15,20H,4,7,10,12-14,16-17H2,1-3H3. The van der Waals surface area contributed by atoms with Gasteiger partial charge in [0.25, 0.3) is 0 Å². The number of hydrogen-bond acceptors (Lipinski definition) is 5. The normalized spacial score (nSPS) is 15.5. The molecule has 0 saturated carbocycles. The van der Waals surface area contributed by atoms with Gasteiger partial charge < -0.3 is 19.3 Å². The molecule has 2 aromatic rings. The molecule has 2 heterocycles. The van der Waals surface area contributed by atoms with E-state index in [4.69, 9.17) is 9.47 Å². The molecule has 0 saturated heterocycles. The Morgan fingerprint density at radius 3 is 2.81 bits per heavy atom. The molecule has 3 rings (SSSR count). The minimum Gasteiger partial charge on any atom is -0.491 e. The molecule has 2 amide bonds. The van der Waals surface area contributed by atoms with Gasteiger partial charge in [0.05, 0.1) is 12.6 Å². The number of amides is 2. The number of carbonyl (C=O) groups excluding carboxylic acids is 2. The number of para-hydroxylation sites is 1. The van der Waals surface area contributed by atoms with Crippen LogP contribution in [0.4, 0.5) is 0 Å². The fourth-order valence-electron chi connectivity index (χ4n) is 3.93. The van der Waals surface area contributed by atoms with Crippen molar-refractivity contribution in [3.8, 4) is 5.75 Å². The number of nitrogens with zero attached hydrogens (tertiary/aromatic N) is 2. The Kier molecular flexibility index (Phi) is 8.49. The highest BCUT2D eigenvalue weighted by molar-refractivity contribution is 7.10. The third-order valence-electron chi connectivity index (χ3n) is 5.66. The topological polar surface area (TPSA) is 59.1 Å². The van der Waals surface area contributed by atoms with Crippen molar-refractivity contribution in [2.75, 3.05) is 40.0 Å². The second-order valence-electron chi connectivity index (χ2n) is 7.74. The van der Waals surface area contributed by atoms with Gasteiger partial charge in [-0.25, -0.2) is 0 Å². The molecule has 6 nitrogen and oxygen atoms in total. The SMILES string of the molecule is CCC(=O)N(CCCOC)CC(=O)N1CCc2sccc2C1COc1ccccc1C. The van der Waals surface area contributed by atoms with Crippen molar-refractivity contribution in [3.05, 3.63) is 51.7 Å². The number of benzene rings is 1. The van der Waals surface area contributed by atoms with Crippen LogP contribution in [0.2, 0.25) is 0 Å². The van der Waals surface area contributed by atoms with Gasteiger partial charge in [0.2, 0.25) is 11.8 Å². The highest BCUT2D eigenvalue weighted by Gasteiger charge is 2.33. The van der Waals surface area contributed by atoms with Crippen LogP contribution in [0.15, 0.2) is 35.7 Å². The molecule has 7 heteroatoms. The lowest BCUT2D eigenvalue weighted by Crippen LogP contribution is -2.48. The number of methoxy groups -OCH3 is 1. The van der Waals surface area contributed by atoms with Crippen molar-refractivity contribution >= 4 is 23.2 Å². The average molecular weight is 445 g/mol. The average Bonchev–Trinajstić information content (AvgIpc) is 3.26. The highest BCUT2D eigenvalue weighted by Crippen LogP contribution is 2.34. The first-order chi connectivity index (χ1) is 15.0. The molecule has 0 N–H and O–H groups in total. The van der Waals surface area contributed by atoms with Gasteiger partial charge in [-0.1, -0.05) is 25.1 Å². The Morgan fingerprint density at radius 1 is 1.26 bits per heavy atom. The predicted octanol–water partition coefficient (Wildman–Crippen LogP) is 3.84. The van der Waals surface area contributed by atoms with Crippen molar-refractivity contribution in [1.29, 1.82) is 0 Å². The van der Waals surface area contributed by atoms with Crippen LogP contribution in [0, 0.1) is 6.92 Å². The third kappa shape index (κ3) is 5.86. The van der Waals surface area contributed by atoms with Crippen LogP contribution >= 0.6 is 11.3 Å². The second-order valence-corrected chi connectivity index (χ2v) is 8.74. The molecule has 1 aliphatic rings. The lowest BCUT2D eigenvalue weighted by molar-refractivity contribution is -0.142. The molecular formula is C24H32N2O4S. The molecule has 31 heavy (non-hydrogen) atoms. The largest absolute Gasteiger partial charge is 0.491 e. The number of thiophene rings is 1. The third-order valence-corrected chi connectivity index (χ3v) is 6.66. The van der Waals surface area contributed by atoms with Crippen LogP contribution in [-0.4, -0.2) is 61.6 Å². The highest BCUT2D eigenvalue weighted by atomic mass is 32.1. The van der Waals surface area contributed by atoms with E-state index in [9.17, 15) is 9.59 Å². The Hall–Kier alpha value is -2.38. The summed E-state index contributed by atoms with van der Waals surface area (Å²) in [5.41, 5.74) is 2.23. The zero-order valence-corrected chi connectivity index (χ0v) is 19.5. The lowest BCUT2D eigenvalue weighted by Gasteiger charge is -2.37. The Balaban J connectivity index is 1.74. The summed E-state index contributed by atoms with van der Waals surface area (Å²) in [6, 6.07) is 9.85. The molecule has 1 aromatic carbocycles. The van der Waals surface area contributed by atoms with E-state index < -0.39 is 0 Å². The van der Waals surface area contributed by atoms with Gasteiger partial charge in [-0.15, -0.1) is 11.3 Å². The molecule has 1 aliphatic heterocycles. The maximum atomic E-state index is 13.3. The van der Waals surface area contributed by atoms with E-state index in [0.29, 0.717) is 39.1 Å². The van der Waals surface area contributed by atoms with Crippen LogP contribution in [0.25, 0.3) is 0 Å². The lowest BCUT2D eigenvalue weighted by atomic mass is 10.00. The van der Waals surface area contributed by atoms with Crippen molar-refractivity contribution in [3.63, 3.8) is 0 Å². The molecule has 168 valence electrons. The number of rotatable bonds is 10. The summed E-state index contributed by atoms with van der Waals surface area (Å²) < 4.78 is 11.3. The fourth-order valence-corrected chi connectivity index (χ4v) is 4.86. The first-order valence-electron chi connectivity index (χ1n) is 10.9. The van der Waals surface area contributed by atoms with Crippen LogP contribution < -0.4 is 4.74 Å². The summed E-state index contributed by atoms with van der Waals surface area (Å²) in [5.74, 6) is 0.791. The predicted molar refractivity (Wildman–Crippen MR) is 123 cm³/mol. The van der Waals surface area contributed by atoms with Gasteiger partial charge in [-0.2, -0.15) is 0 Å². The van der Waals surface area contributed by atoms with Gasteiger partial charge in [-0.3, -0.25) is 9.59 Å². The molecule has 0 aliphatic carbocycles. The number of fused-ring (bicyclic) bond motifs is 1. The molecule has 1 aromatic heterocycles. The monoisotopic (exact) mass is 444 g/mol. The molecule has 1 atom stereocenters. The zero-order valence-electron chi connectivity index (χ0n) is 18.6. The van der Waals surface area contributed by atoms with Crippen molar-refractivity contribution < 1.29 is 19.1 Å². The van der Waals surface area contributed by atoms with Crippen LogP contribution in [0.5, 0.6) is 5.75 Å². The summed E-state index contributed by atoms with van der Waals surface area (Å²) in [4.78, 5) is 30.6. The van der Waals surface area contributed by atoms with Gasteiger partial charge in [0.1, 0.15) is 12.4 Å². The summed E-state index contributed by atoms with van der Waals surface area (Å²) in [5, 5.41) is 2.08. The van der Waals surface area contributed by atoms with Crippen LogP contribution in [-0.2, 0) is 20.7 Å². The molecule has 0 fully saturated rings. The maximum absolute atomic E-state index is 13.3. The summed E-state index contributed by atoms with van der Waals surface area (Å²) in [7, 11) is 1.64. The number of ether oxygens (including phenoxy) is 2.